The van der Waals surface area contributed by atoms with Crippen LogP contribution in [0.15, 0.2) is 65.6 Å². The van der Waals surface area contributed by atoms with E-state index in [-0.39, 0.29) is 29.8 Å². The molecule has 3 N–H and O–H groups in total. The van der Waals surface area contributed by atoms with Crippen molar-refractivity contribution >= 4 is 27.9 Å². The number of carbonyl (C=O) groups excluding carboxylic acids is 1. The van der Waals surface area contributed by atoms with Crippen LogP contribution in [0.1, 0.15) is 34.3 Å². The second-order valence-electron chi connectivity index (χ2n) is 10.8. The molecule has 252 valence electrons. The number of benzene rings is 3. The monoisotopic (exact) mass is 670 g/mol. The van der Waals surface area contributed by atoms with Gasteiger partial charge >= 0.3 is 11.9 Å². The minimum atomic E-state index is -4.14. The molecule has 0 aliphatic carbocycles. The average Bonchev–Trinajstić information content (AvgIpc) is 3.58. The van der Waals surface area contributed by atoms with Crippen molar-refractivity contribution in [3.8, 4) is 22.6 Å². The molecule has 1 amide bonds. The lowest BCUT2D eigenvalue weighted by Gasteiger charge is -2.25. The van der Waals surface area contributed by atoms with E-state index < -0.39 is 40.0 Å². The van der Waals surface area contributed by atoms with Crippen LogP contribution in [-0.4, -0.2) is 94.0 Å². The van der Waals surface area contributed by atoms with Crippen LogP contribution in [0.3, 0.4) is 0 Å². The fourth-order valence-electron chi connectivity index (χ4n) is 5.37. The van der Waals surface area contributed by atoms with Crippen molar-refractivity contribution < 1.29 is 52.0 Å². The van der Waals surface area contributed by atoms with Crippen molar-refractivity contribution in [2.45, 2.75) is 42.8 Å². The van der Waals surface area contributed by atoms with Crippen LogP contribution in [-0.2, 0) is 42.1 Å². The number of aliphatic carboxylic acids is 1. The molecule has 1 fully saturated rings. The molecule has 1 unspecified atom stereocenters. The Kier molecular flexibility index (Phi) is 11.9. The summed E-state index contributed by atoms with van der Waals surface area (Å²) in [6.45, 7) is 1.31. The first-order valence-corrected chi connectivity index (χ1v) is 16.2. The largest absolute Gasteiger partial charge is 0.496 e. The molecule has 13 nitrogen and oxygen atoms in total. The minimum absolute atomic E-state index is 0.0521. The Morgan fingerprint density at radius 2 is 1.55 bits per heavy atom. The first kappa shape index (κ1) is 35.4. The van der Waals surface area contributed by atoms with Gasteiger partial charge < -0.3 is 34.5 Å². The molecule has 2 atom stereocenters. The highest BCUT2D eigenvalue weighted by molar-refractivity contribution is 7.89. The predicted octanol–water partition coefficient (Wildman–Crippen LogP) is 3.20. The second-order valence-corrected chi connectivity index (χ2v) is 12.7. The normalized spacial score (nSPS) is 15.6. The Balaban J connectivity index is 1.48. The van der Waals surface area contributed by atoms with E-state index >= 15 is 0 Å². The van der Waals surface area contributed by atoms with Gasteiger partial charge in [-0.05, 0) is 65.9 Å². The SMILES string of the molecule is COCCOCc1cc(OC)c(-c2ccc(CC(NC(=O)[C@@H]3CCCN3S(=O)(=O)c3ccc(C(=O)O)cc3)C(=O)O)cc2)c(OC)c1. The van der Waals surface area contributed by atoms with Crippen LogP contribution >= 0.6 is 0 Å². The van der Waals surface area contributed by atoms with E-state index in [1.54, 1.807) is 45.6 Å². The van der Waals surface area contributed by atoms with Gasteiger partial charge in [0, 0.05) is 20.1 Å². The van der Waals surface area contributed by atoms with Gasteiger partial charge in [-0.15, -0.1) is 0 Å². The maximum atomic E-state index is 13.3. The summed E-state index contributed by atoms with van der Waals surface area (Å²) in [6, 6.07) is 13.0. The van der Waals surface area contributed by atoms with Gasteiger partial charge in [-0.25, -0.2) is 18.0 Å². The zero-order valence-corrected chi connectivity index (χ0v) is 27.1. The van der Waals surface area contributed by atoms with Gasteiger partial charge in [0.05, 0.1) is 50.1 Å². The van der Waals surface area contributed by atoms with Gasteiger partial charge in [0.2, 0.25) is 15.9 Å². The van der Waals surface area contributed by atoms with Gasteiger partial charge in [-0.1, -0.05) is 24.3 Å². The Labute approximate surface area is 273 Å². The predicted molar refractivity (Wildman–Crippen MR) is 170 cm³/mol. The molecule has 4 rings (SSSR count). The zero-order valence-electron chi connectivity index (χ0n) is 26.3. The molecule has 14 heteroatoms. The number of hydrogen-bond donors (Lipinski definition) is 3. The molecule has 0 bridgehead atoms. The number of methoxy groups -OCH3 is 3. The number of carboxylic acid groups (broad SMARTS) is 2. The van der Waals surface area contributed by atoms with Crippen LogP contribution in [0.2, 0.25) is 0 Å². The highest BCUT2D eigenvalue weighted by Gasteiger charge is 2.40. The van der Waals surface area contributed by atoms with Gasteiger partial charge in [0.25, 0.3) is 0 Å². The van der Waals surface area contributed by atoms with Crippen LogP contribution < -0.4 is 14.8 Å². The summed E-state index contributed by atoms with van der Waals surface area (Å²) in [6.07, 6.45) is 0.559. The number of hydrogen-bond acceptors (Lipinski definition) is 9. The van der Waals surface area contributed by atoms with Gasteiger partial charge in [0.15, 0.2) is 0 Å². The van der Waals surface area contributed by atoms with Crippen LogP contribution in [0.5, 0.6) is 11.5 Å². The molecule has 0 saturated carbocycles. The lowest BCUT2D eigenvalue weighted by molar-refractivity contribution is -0.142. The first-order chi connectivity index (χ1) is 22.5. The van der Waals surface area contributed by atoms with Crippen molar-refractivity contribution in [3.05, 3.63) is 77.4 Å². The molecule has 0 aromatic heterocycles. The van der Waals surface area contributed by atoms with Gasteiger partial charge in [-0.3, -0.25) is 4.79 Å². The third-order valence-corrected chi connectivity index (χ3v) is 9.70. The fourth-order valence-corrected chi connectivity index (χ4v) is 7.03. The molecule has 1 heterocycles. The number of sulfonamides is 1. The number of carbonyl (C=O) groups is 3. The summed E-state index contributed by atoms with van der Waals surface area (Å²) in [7, 11) is 0.555. The Hall–Kier alpha value is -4.50. The van der Waals surface area contributed by atoms with Crippen molar-refractivity contribution in [2.75, 3.05) is 41.1 Å². The fraction of sp³-hybridized carbons (Fsp3) is 0.364. The van der Waals surface area contributed by atoms with E-state index in [9.17, 15) is 27.9 Å². The maximum Gasteiger partial charge on any atom is 0.335 e. The summed E-state index contributed by atoms with van der Waals surface area (Å²) in [4.78, 5) is 36.5. The smallest absolute Gasteiger partial charge is 0.335 e. The maximum absolute atomic E-state index is 13.3. The number of ether oxygens (including phenoxy) is 4. The number of rotatable bonds is 16. The van der Waals surface area contributed by atoms with E-state index in [1.807, 2.05) is 12.1 Å². The van der Waals surface area contributed by atoms with E-state index in [0.29, 0.717) is 48.9 Å². The second kappa shape index (κ2) is 15.9. The number of nitrogens with one attached hydrogen (secondary N) is 1. The summed E-state index contributed by atoms with van der Waals surface area (Å²) in [5.41, 5.74) is 2.85. The molecule has 1 aliphatic rings. The summed E-state index contributed by atoms with van der Waals surface area (Å²) >= 11 is 0. The van der Waals surface area contributed by atoms with Crippen LogP contribution in [0.25, 0.3) is 11.1 Å². The number of carboxylic acids is 2. The lowest BCUT2D eigenvalue weighted by Crippen LogP contribution is -2.51. The molecule has 0 spiro atoms. The molecule has 1 saturated heterocycles. The molecule has 3 aromatic carbocycles. The molecule has 47 heavy (non-hydrogen) atoms. The first-order valence-electron chi connectivity index (χ1n) is 14.8. The lowest BCUT2D eigenvalue weighted by atomic mass is 9.98. The average molecular weight is 671 g/mol. The van der Waals surface area contributed by atoms with Crippen molar-refractivity contribution in [2.24, 2.45) is 0 Å². The quantitative estimate of drug-likeness (QED) is 0.191. The Morgan fingerprint density at radius 3 is 2.11 bits per heavy atom. The van der Waals surface area contributed by atoms with Crippen LogP contribution in [0, 0.1) is 0 Å². The van der Waals surface area contributed by atoms with Gasteiger partial charge in [-0.2, -0.15) is 4.31 Å². The number of aromatic carboxylic acids is 1. The number of nitrogens with zero attached hydrogens (tertiary/aromatic N) is 1. The molecule has 1 aliphatic heterocycles. The summed E-state index contributed by atoms with van der Waals surface area (Å²) < 4.78 is 49.6. The highest BCUT2D eigenvalue weighted by Crippen LogP contribution is 2.40. The Bertz CT molecular complexity index is 1650. The van der Waals surface area contributed by atoms with E-state index in [2.05, 4.69) is 5.32 Å². The minimum Gasteiger partial charge on any atom is -0.496 e. The molecule has 3 aromatic rings. The summed E-state index contributed by atoms with van der Waals surface area (Å²) in [5, 5.41) is 21.6. The highest BCUT2D eigenvalue weighted by atomic mass is 32.2. The number of amides is 1. The van der Waals surface area contributed by atoms with Crippen molar-refractivity contribution in [1.82, 2.24) is 9.62 Å². The van der Waals surface area contributed by atoms with E-state index in [4.69, 9.17) is 24.1 Å². The summed E-state index contributed by atoms with van der Waals surface area (Å²) in [5.74, 6) is -2.07. The standard InChI is InChI=1S/C33H38N2O11S/c1-43-15-16-46-20-22-18-28(44-2)30(29(19-22)45-3)23-8-6-21(7-9-23)17-26(33(39)40)34-31(36)27-5-4-14-35(27)47(41,42)25-12-10-24(11-13-25)32(37)38/h6-13,18-19,26-27H,4-5,14-17,20H2,1-3H3,(H,34,36)(H,37,38)(H,39,40)/t26?,27-/m0/s1. The third-order valence-electron chi connectivity index (χ3n) is 7.78. The molecule has 0 radical (unpaired) electrons. The van der Waals surface area contributed by atoms with Crippen LogP contribution in [0.4, 0.5) is 0 Å². The van der Waals surface area contributed by atoms with Crippen molar-refractivity contribution in [1.29, 1.82) is 0 Å². The topological polar surface area (TPSA) is 178 Å². The zero-order chi connectivity index (χ0) is 34.1. The van der Waals surface area contributed by atoms with Gasteiger partial charge in [0.1, 0.15) is 23.6 Å². The van der Waals surface area contributed by atoms with E-state index in [1.165, 1.54) is 24.3 Å². The third kappa shape index (κ3) is 8.46. The molecular weight excluding hydrogens is 632 g/mol. The van der Waals surface area contributed by atoms with E-state index in [0.717, 1.165) is 15.4 Å². The Morgan fingerprint density at radius 1 is 0.915 bits per heavy atom. The van der Waals surface area contributed by atoms with Crippen molar-refractivity contribution in [3.63, 3.8) is 0 Å². The molecular formula is C33H38N2O11S.